The van der Waals surface area contributed by atoms with E-state index in [9.17, 15) is 9.59 Å². The van der Waals surface area contributed by atoms with E-state index in [0.717, 1.165) is 0 Å². The van der Waals surface area contributed by atoms with Crippen LogP contribution in [0.4, 0.5) is 0 Å². The van der Waals surface area contributed by atoms with E-state index in [4.69, 9.17) is 9.84 Å². The molecule has 88 valence electrons. The Bertz CT molecular complexity index is 377. The summed E-state index contributed by atoms with van der Waals surface area (Å²) in [6.07, 6.45) is 0. The van der Waals surface area contributed by atoms with E-state index in [1.165, 1.54) is 11.3 Å². The minimum Gasteiger partial charge on any atom is -0.480 e. The molecule has 0 aliphatic rings. The number of carboxylic acids is 1. The molecule has 2 N–H and O–H groups in total. The Hall–Kier alpha value is -1.47. The number of aryl methyl sites for hydroxylation is 1. The minimum atomic E-state index is -1.02. The van der Waals surface area contributed by atoms with Crippen molar-refractivity contribution < 1.29 is 19.4 Å². The second-order valence-electron chi connectivity index (χ2n) is 2.97. The maximum atomic E-state index is 11.5. The monoisotopic (exact) mass is 244 g/mol. The minimum absolute atomic E-state index is 0.176. The van der Waals surface area contributed by atoms with Gasteiger partial charge in [0.1, 0.15) is 11.5 Å². The number of ether oxygens (including phenoxy) is 1. The number of carboxylic acid groups (broad SMARTS) is 1. The van der Waals surface area contributed by atoms with Crippen molar-refractivity contribution in [1.29, 1.82) is 0 Å². The van der Waals surface area contributed by atoms with Crippen LogP contribution >= 0.6 is 11.3 Å². The number of nitrogens with one attached hydrogen (secondary N) is 1. The number of hydrogen-bond donors (Lipinski definition) is 2. The van der Waals surface area contributed by atoms with Crippen molar-refractivity contribution in [3.8, 4) is 0 Å². The molecule has 0 aliphatic carbocycles. The maximum absolute atomic E-state index is 11.5. The number of aliphatic carboxylic acids is 1. The van der Waals surface area contributed by atoms with Gasteiger partial charge in [-0.3, -0.25) is 4.79 Å². The fourth-order valence-electron chi connectivity index (χ4n) is 0.996. The van der Waals surface area contributed by atoms with Crippen molar-refractivity contribution in [3.05, 3.63) is 16.1 Å². The molecule has 0 spiro atoms. The van der Waals surface area contributed by atoms with Crippen LogP contribution in [0.15, 0.2) is 5.51 Å². The number of rotatable bonds is 6. The normalized spacial score (nSPS) is 10.1. The van der Waals surface area contributed by atoms with E-state index < -0.39 is 5.97 Å². The standard InChI is InChI=1S/C9H12N2O4S/c1-6-8(16-5-11-6)9(14)10-2-3-15-4-7(12)13/h5H,2-4H2,1H3,(H,10,14)(H,12,13). The lowest BCUT2D eigenvalue weighted by Crippen LogP contribution is -2.27. The first-order valence-electron chi connectivity index (χ1n) is 4.59. The van der Waals surface area contributed by atoms with E-state index in [2.05, 4.69) is 10.3 Å². The summed E-state index contributed by atoms with van der Waals surface area (Å²) in [6, 6.07) is 0. The summed E-state index contributed by atoms with van der Waals surface area (Å²) in [5, 5.41) is 10.9. The molecule has 6 nitrogen and oxygen atoms in total. The molecule has 0 saturated carbocycles. The predicted molar refractivity (Wildman–Crippen MR) is 57.6 cm³/mol. The van der Waals surface area contributed by atoms with Crippen LogP contribution in [0.5, 0.6) is 0 Å². The molecule has 1 rings (SSSR count). The molecule has 0 aliphatic heterocycles. The third kappa shape index (κ3) is 3.95. The number of hydrogen-bond acceptors (Lipinski definition) is 5. The first kappa shape index (κ1) is 12.6. The molecule has 1 aromatic heterocycles. The second kappa shape index (κ2) is 6.19. The Balaban J connectivity index is 2.21. The topological polar surface area (TPSA) is 88.5 Å². The van der Waals surface area contributed by atoms with Crippen LogP contribution in [0.3, 0.4) is 0 Å². The Morgan fingerprint density at radius 1 is 1.62 bits per heavy atom. The summed E-state index contributed by atoms with van der Waals surface area (Å²) in [4.78, 5) is 26.1. The van der Waals surface area contributed by atoms with Gasteiger partial charge >= 0.3 is 5.97 Å². The molecule has 1 aromatic rings. The molecule has 0 radical (unpaired) electrons. The average molecular weight is 244 g/mol. The van der Waals surface area contributed by atoms with Crippen LogP contribution < -0.4 is 5.32 Å². The fraction of sp³-hybridized carbons (Fsp3) is 0.444. The van der Waals surface area contributed by atoms with Gasteiger partial charge in [0.2, 0.25) is 0 Å². The number of carbonyl (C=O) groups is 2. The first-order chi connectivity index (χ1) is 7.61. The Kier molecular flexibility index (Phi) is 4.87. The van der Waals surface area contributed by atoms with Gasteiger partial charge in [0.05, 0.1) is 17.8 Å². The van der Waals surface area contributed by atoms with E-state index in [1.54, 1.807) is 12.4 Å². The second-order valence-corrected chi connectivity index (χ2v) is 3.82. The molecule has 0 atom stereocenters. The van der Waals surface area contributed by atoms with Gasteiger partial charge in [-0.15, -0.1) is 11.3 Å². The largest absolute Gasteiger partial charge is 0.480 e. The zero-order valence-corrected chi connectivity index (χ0v) is 9.54. The zero-order chi connectivity index (χ0) is 12.0. The highest BCUT2D eigenvalue weighted by Gasteiger charge is 2.10. The van der Waals surface area contributed by atoms with Crippen LogP contribution in [0, 0.1) is 6.92 Å². The number of carbonyl (C=O) groups excluding carboxylic acids is 1. The summed E-state index contributed by atoms with van der Waals surface area (Å²) in [5.41, 5.74) is 2.29. The van der Waals surface area contributed by atoms with Crippen molar-refractivity contribution in [3.63, 3.8) is 0 Å². The maximum Gasteiger partial charge on any atom is 0.329 e. The number of amides is 1. The SMILES string of the molecule is Cc1ncsc1C(=O)NCCOCC(=O)O. The highest BCUT2D eigenvalue weighted by Crippen LogP contribution is 2.10. The third-order valence-corrected chi connectivity index (χ3v) is 2.64. The van der Waals surface area contributed by atoms with Gasteiger partial charge in [0.15, 0.2) is 0 Å². The predicted octanol–water partition coefficient (Wildman–Crippen LogP) is 0.283. The van der Waals surface area contributed by atoms with Crippen LogP contribution in [0.1, 0.15) is 15.4 Å². The molecule has 0 fully saturated rings. The smallest absolute Gasteiger partial charge is 0.329 e. The quantitative estimate of drug-likeness (QED) is 0.702. The Morgan fingerprint density at radius 3 is 2.94 bits per heavy atom. The number of aromatic nitrogens is 1. The summed E-state index contributed by atoms with van der Waals surface area (Å²) in [6.45, 7) is 1.86. The summed E-state index contributed by atoms with van der Waals surface area (Å²) >= 11 is 1.27. The molecular weight excluding hydrogens is 232 g/mol. The summed E-state index contributed by atoms with van der Waals surface area (Å²) in [7, 11) is 0. The number of nitrogens with zero attached hydrogens (tertiary/aromatic N) is 1. The zero-order valence-electron chi connectivity index (χ0n) is 8.73. The fourth-order valence-corrected chi connectivity index (χ4v) is 1.72. The van der Waals surface area contributed by atoms with Crippen molar-refractivity contribution in [2.75, 3.05) is 19.8 Å². The average Bonchev–Trinajstić information content (AvgIpc) is 2.63. The van der Waals surface area contributed by atoms with Gasteiger partial charge in [-0.1, -0.05) is 0 Å². The van der Waals surface area contributed by atoms with E-state index in [1.807, 2.05) is 0 Å². The van der Waals surface area contributed by atoms with Gasteiger partial charge in [-0.2, -0.15) is 0 Å². The Morgan fingerprint density at radius 2 is 2.38 bits per heavy atom. The molecule has 0 saturated heterocycles. The lowest BCUT2D eigenvalue weighted by Gasteiger charge is -2.03. The number of thiazole rings is 1. The third-order valence-electron chi connectivity index (χ3n) is 1.71. The molecule has 0 bridgehead atoms. The van der Waals surface area contributed by atoms with Crippen molar-refractivity contribution in [1.82, 2.24) is 10.3 Å². The van der Waals surface area contributed by atoms with Crippen LogP contribution in [0.2, 0.25) is 0 Å². The van der Waals surface area contributed by atoms with Crippen molar-refractivity contribution >= 4 is 23.2 Å². The van der Waals surface area contributed by atoms with Crippen LogP contribution in [-0.4, -0.2) is 41.7 Å². The van der Waals surface area contributed by atoms with Gasteiger partial charge in [0, 0.05) is 6.54 Å². The Labute approximate surface area is 96.3 Å². The molecular formula is C9H12N2O4S. The highest BCUT2D eigenvalue weighted by molar-refractivity contribution is 7.11. The molecule has 0 aromatic carbocycles. The molecule has 1 amide bonds. The van der Waals surface area contributed by atoms with Gasteiger partial charge < -0.3 is 15.2 Å². The molecule has 0 unspecified atom stereocenters. The molecule has 16 heavy (non-hydrogen) atoms. The lowest BCUT2D eigenvalue weighted by molar-refractivity contribution is -0.142. The highest BCUT2D eigenvalue weighted by atomic mass is 32.1. The van der Waals surface area contributed by atoms with Gasteiger partial charge in [0.25, 0.3) is 5.91 Å². The lowest BCUT2D eigenvalue weighted by atomic mass is 10.4. The van der Waals surface area contributed by atoms with Crippen LogP contribution in [0.25, 0.3) is 0 Å². The molecule has 1 heterocycles. The summed E-state index contributed by atoms with van der Waals surface area (Å²) < 4.78 is 4.77. The van der Waals surface area contributed by atoms with E-state index in [0.29, 0.717) is 10.6 Å². The molecule has 7 heteroatoms. The summed E-state index contributed by atoms with van der Waals surface area (Å²) in [5.74, 6) is -1.23. The van der Waals surface area contributed by atoms with Gasteiger partial charge in [-0.25, -0.2) is 9.78 Å². The van der Waals surface area contributed by atoms with E-state index >= 15 is 0 Å². The van der Waals surface area contributed by atoms with Gasteiger partial charge in [-0.05, 0) is 6.92 Å². The van der Waals surface area contributed by atoms with Crippen molar-refractivity contribution in [2.24, 2.45) is 0 Å². The van der Waals surface area contributed by atoms with E-state index in [-0.39, 0.29) is 25.7 Å². The first-order valence-corrected chi connectivity index (χ1v) is 5.47. The van der Waals surface area contributed by atoms with Crippen molar-refractivity contribution in [2.45, 2.75) is 6.92 Å². The van der Waals surface area contributed by atoms with Crippen LogP contribution in [-0.2, 0) is 9.53 Å².